The summed E-state index contributed by atoms with van der Waals surface area (Å²) in [5, 5.41) is 27.3. The van der Waals surface area contributed by atoms with E-state index in [2.05, 4.69) is 11.3 Å². The second-order valence-electron chi connectivity index (χ2n) is 4.05. The largest absolute Gasteiger partial charge is 0.478 e. The van der Waals surface area contributed by atoms with Gasteiger partial charge >= 0.3 is 23.9 Å². The van der Waals surface area contributed by atoms with Gasteiger partial charge in [0.05, 0.1) is 23.3 Å². The molecule has 0 aliphatic carbocycles. The molecule has 0 spiro atoms. The average molecular weight is 308 g/mol. The van der Waals surface area contributed by atoms with E-state index in [1.165, 1.54) is 0 Å². The van der Waals surface area contributed by atoms with Crippen molar-refractivity contribution in [3.05, 3.63) is 47.0 Å². The van der Waals surface area contributed by atoms with Crippen LogP contribution in [-0.2, 0) is 16.0 Å². The topological polar surface area (TPSA) is 138 Å². The zero-order chi connectivity index (χ0) is 16.9. The number of rotatable bonds is 7. The van der Waals surface area contributed by atoms with Crippen molar-refractivity contribution in [2.75, 3.05) is 6.61 Å². The number of esters is 1. The predicted octanol–water partition coefficient (Wildman–Crippen LogP) is 1.05. The van der Waals surface area contributed by atoms with Gasteiger partial charge in [0.15, 0.2) is 0 Å². The van der Waals surface area contributed by atoms with E-state index in [1.54, 1.807) is 0 Å². The lowest BCUT2D eigenvalue weighted by atomic mass is 9.93. The molecule has 1 aromatic rings. The smallest absolute Gasteiger partial charge is 0.336 e. The van der Waals surface area contributed by atoms with Crippen LogP contribution in [0, 0.1) is 0 Å². The molecule has 0 aromatic heterocycles. The van der Waals surface area contributed by atoms with Crippen LogP contribution < -0.4 is 0 Å². The van der Waals surface area contributed by atoms with Crippen molar-refractivity contribution < 1.29 is 39.2 Å². The Kier molecular flexibility index (Phi) is 5.39. The molecule has 0 radical (unpaired) electrons. The Morgan fingerprint density at radius 2 is 1.55 bits per heavy atom. The number of carbonyl (C=O) groups is 4. The monoisotopic (exact) mass is 308 g/mol. The maximum absolute atomic E-state index is 11.3. The maximum atomic E-state index is 11.3. The molecule has 0 unspecified atom stereocenters. The van der Waals surface area contributed by atoms with Gasteiger partial charge < -0.3 is 20.1 Å². The molecule has 0 saturated heterocycles. The first-order valence-corrected chi connectivity index (χ1v) is 5.94. The van der Waals surface area contributed by atoms with Crippen LogP contribution in [0.4, 0.5) is 0 Å². The molecule has 22 heavy (non-hydrogen) atoms. The van der Waals surface area contributed by atoms with E-state index in [0.717, 1.165) is 18.2 Å². The highest BCUT2D eigenvalue weighted by Gasteiger charge is 2.25. The van der Waals surface area contributed by atoms with Gasteiger partial charge in [-0.1, -0.05) is 6.58 Å². The van der Waals surface area contributed by atoms with Gasteiger partial charge in [-0.2, -0.15) is 0 Å². The number of hydrogen-bond acceptors (Lipinski definition) is 5. The molecule has 0 fully saturated rings. The van der Waals surface area contributed by atoms with Gasteiger partial charge in [0.25, 0.3) is 0 Å². The minimum absolute atomic E-state index is 0.225. The van der Waals surface area contributed by atoms with Crippen LogP contribution in [0.3, 0.4) is 0 Å². The van der Waals surface area contributed by atoms with Crippen LogP contribution in [0.5, 0.6) is 0 Å². The number of carbonyl (C=O) groups excluding carboxylic acids is 1. The number of ether oxygens (including phenoxy) is 1. The number of carboxylic acid groups (broad SMARTS) is 3. The normalized spacial score (nSPS) is 9.82. The van der Waals surface area contributed by atoms with Crippen molar-refractivity contribution in [1.82, 2.24) is 0 Å². The Morgan fingerprint density at radius 3 is 2.00 bits per heavy atom. The third-order valence-corrected chi connectivity index (χ3v) is 2.75. The summed E-state index contributed by atoms with van der Waals surface area (Å²) in [4.78, 5) is 44.5. The minimum atomic E-state index is -1.58. The Bertz CT molecular complexity index is 659. The van der Waals surface area contributed by atoms with Crippen LogP contribution >= 0.6 is 0 Å². The molecule has 8 nitrogen and oxygen atoms in total. The number of aromatic carboxylic acids is 3. The summed E-state index contributed by atoms with van der Waals surface area (Å²) in [6.07, 6.45) is 0.633. The standard InChI is InChI=1S/C14H12O8/c1-2-10(15)22-6-5-7-8(12(16)17)3-4-9(13(18)19)11(7)14(20)21/h2-4H,1,5-6H2,(H,16,17)(H,18,19)(H,20,21). The fourth-order valence-electron chi connectivity index (χ4n) is 1.84. The molecule has 3 N–H and O–H groups in total. The van der Waals surface area contributed by atoms with Gasteiger partial charge in [-0.3, -0.25) is 0 Å². The number of carboxylic acids is 3. The molecule has 1 rings (SSSR count). The summed E-state index contributed by atoms with van der Waals surface area (Å²) in [7, 11) is 0. The van der Waals surface area contributed by atoms with Gasteiger partial charge in [0.1, 0.15) is 0 Å². The van der Waals surface area contributed by atoms with Crippen LogP contribution in [0.15, 0.2) is 24.8 Å². The molecule has 1 aromatic carbocycles. The summed E-state index contributed by atoms with van der Waals surface area (Å²) in [6.45, 7) is 2.86. The number of benzene rings is 1. The molecule has 0 aliphatic heterocycles. The van der Waals surface area contributed by atoms with Gasteiger partial charge in [-0.05, 0) is 17.7 Å². The third kappa shape index (κ3) is 3.69. The lowest BCUT2D eigenvalue weighted by Gasteiger charge is -2.12. The van der Waals surface area contributed by atoms with E-state index in [0.29, 0.717) is 0 Å². The fourth-order valence-corrected chi connectivity index (χ4v) is 1.84. The summed E-state index contributed by atoms with van der Waals surface area (Å²) < 4.78 is 4.67. The highest BCUT2D eigenvalue weighted by molar-refractivity contribution is 6.05. The van der Waals surface area contributed by atoms with E-state index in [1.807, 2.05) is 0 Å². The molecule has 8 heteroatoms. The molecular formula is C14H12O8. The van der Waals surface area contributed by atoms with Gasteiger partial charge in [0.2, 0.25) is 0 Å². The van der Waals surface area contributed by atoms with Crippen LogP contribution in [0.1, 0.15) is 36.6 Å². The van der Waals surface area contributed by atoms with Gasteiger partial charge in [0, 0.05) is 12.5 Å². The molecule has 0 atom stereocenters. The van der Waals surface area contributed by atoms with Crippen molar-refractivity contribution in [3.63, 3.8) is 0 Å². The van der Waals surface area contributed by atoms with Gasteiger partial charge in [-0.25, -0.2) is 19.2 Å². The van der Waals surface area contributed by atoms with Gasteiger partial charge in [-0.15, -0.1) is 0 Å². The molecule has 116 valence electrons. The van der Waals surface area contributed by atoms with Crippen molar-refractivity contribution in [3.8, 4) is 0 Å². The average Bonchev–Trinajstić information content (AvgIpc) is 2.45. The van der Waals surface area contributed by atoms with Crippen molar-refractivity contribution in [1.29, 1.82) is 0 Å². The van der Waals surface area contributed by atoms with Crippen LogP contribution in [0.25, 0.3) is 0 Å². The van der Waals surface area contributed by atoms with Crippen molar-refractivity contribution >= 4 is 23.9 Å². The maximum Gasteiger partial charge on any atom is 0.336 e. The third-order valence-electron chi connectivity index (χ3n) is 2.75. The first kappa shape index (κ1) is 16.9. The zero-order valence-corrected chi connectivity index (χ0v) is 11.2. The molecule has 0 heterocycles. The molecule has 0 bridgehead atoms. The Hall–Kier alpha value is -3.16. The van der Waals surface area contributed by atoms with E-state index in [9.17, 15) is 24.3 Å². The molecule has 0 saturated carbocycles. The Balaban J connectivity index is 3.34. The lowest BCUT2D eigenvalue weighted by Crippen LogP contribution is -2.17. The molecular weight excluding hydrogens is 296 g/mol. The highest BCUT2D eigenvalue weighted by atomic mass is 16.5. The second kappa shape index (κ2) is 7.02. The summed E-state index contributed by atoms with van der Waals surface area (Å²) in [5.41, 5.74) is -1.77. The molecule has 0 amide bonds. The minimum Gasteiger partial charge on any atom is -0.478 e. The zero-order valence-electron chi connectivity index (χ0n) is 11.2. The first-order valence-electron chi connectivity index (χ1n) is 5.94. The quantitative estimate of drug-likeness (QED) is 0.502. The summed E-state index contributed by atoms with van der Waals surface area (Å²) in [5.74, 6) is -5.25. The Labute approximate surface area is 124 Å². The summed E-state index contributed by atoms with van der Waals surface area (Å²) >= 11 is 0. The summed E-state index contributed by atoms with van der Waals surface area (Å²) in [6, 6.07) is 1.91. The Morgan fingerprint density at radius 1 is 1.00 bits per heavy atom. The second-order valence-corrected chi connectivity index (χ2v) is 4.05. The van der Waals surface area contributed by atoms with Crippen LogP contribution in [0.2, 0.25) is 0 Å². The predicted molar refractivity (Wildman–Crippen MR) is 72.2 cm³/mol. The fraction of sp³-hybridized carbons (Fsp3) is 0.143. The van der Waals surface area contributed by atoms with E-state index in [4.69, 9.17) is 10.2 Å². The first-order chi connectivity index (χ1) is 10.3. The SMILES string of the molecule is C=CC(=O)OCCc1c(C(=O)O)ccc(C(=O)O)c1C(=O)O. The van der Waals surface area contributed by atoms with Crippen molar-refractivity contribution in [2.45, 2.75) is 6.42 Å². The van der Waals surface area contributed by atoms with Crippen LogP contribution in [-0.4, -0.2) is 45.8 Å². The highest BCUT2D eigenvalue weighted by Crippen LogP contribution is 2.21. The number of hydrogen-bond donors (Lipinski definition) is 3. The molecule has 0 aliphatic rings. The van der Waals surface area contributed by atoms with Crippen molar-refractivity contribution in [2.24, 2.45) is 0 Å². The lowest BCUT2D eigenvalue weighted by molar-refractivity contribution is -0.137. The van der Waals surface area contributed by atoms with E-state index in [-0.39, 0.29) is 24.2 Å². The van der Waals surface area contributed by atoms with E-state index < -0.39 is 35.0 Å². The van der Waals surface area contributed by atoms with E-state index >= 15 is 0 Å².